The Bertz CT molecular complexity index is 1810. The normalized spacial score (nSPS) is 14.3. The lowest BCUT2D eigenvalue weighted by Gasteiger charge is -2.21. The maximum Gasteiger partial charge on any atom is 0.472 e. The molecule has 0 aromatic rings. The molecule has 0 fully saturated rings. The molecule has 5 atom stereocenters. The first-order valence-electron chi connectivity index (χ1n) is 36.0. The van der Waals surface area contributed by atoms with Crippen LogP contribution in [0.3, 0.4) is 0 Å². The standard InChI is InChI=1S/C70H132O17P2/c1-6-9-12-15-18-20-22-24-26-28-30-34-39-44-49-54-68(73)81-60-66(87-69(74)55-50-45-40-35-31-29-27-25-23-21-19-16-13-10-7-2)62-85-89(78,79)83-58-64(71)57-82-88(76,77)84-61-65(59-80-67(72)53-48-43-37-17-14-11-8-3)86-70(75)56-51-46-41-36-32-33-38-42-47-52-63(4)5/h21,23,25,27,63-66,71H,6-20,22,24,26,28-62H2,1-5H3,(H,76,77)(H,78,79)/b23-21-,27-25-/t64-,65+,66+/m0/s1. The molecular formula is C70H132O17P2. The van der Waals surface area contributed by atoms with Gasteiger partial charge < -0.3 is 33.8 Å². The molecule has 0 heterocycles. The van der Waals surface area contributed by atoms with Gasteiger partial charge in [-0.15, -0.1) is 0 Å². The molecule has 0 bridgehead atoms. The molecule has 524 valence electrons. The van der Waals surface area contributed by atoms with Crippen molar-refractivity contribution in [2.75, 3.05) is 39.6 Å². The topological polar surface area (TPSA) is 237 Å². The summed E-state index contributed by atoms with van der Waals surface area (Å²) in [5, 5.41) is 10.6. The summed E-state index contributed by atoms with van der Waals surface area (Å²) in [6.07, 6.45) is 52.3. The van der Waals surface area contributed by atoms with Gasteiger partial charge in [0.15, 0.2) is 12.2 Å². The highest BCUT2D eigenvalue weighted by atomic mass is 31.2. The molecule has 0 spiro atoms. The van der Waals surface area contributed by atoms with Gasteiger partial charge in [0.2, 0.25) is 0 Å². The van der Waals surface area contributed by atoms with Crippen LogP contribution in [0.25, 0.3) is 0 Å². The van der Waals surface area contributed by atoms with E-state index in [0.29, 0.717) is 25.7 Å². The SMILES string of the molecule is CCCCCC/C=C\C=C/CCCCCCCC(=O)O[C@H](COC(=O)CCCCCCCCCCCCCCCCC)COP(=O)(O)OC[C@@H](O)COP(=O)(O)OC[C@@H](COC(=O)CCCCCCCCC)OC(=O)CCCCCCCCCCCC(C)C. The number of phosphoric ester groups is 2. The third-order valence-electron chi connectivity index (χ3n) is 15.7. The highest BCUT2D eigenvalue weighted by Crippen LogP contribution is 2.45. The number of carbonyl (C=O) groups excluding carboxylic acids is 4. The van der Waals surface area contributed by atoms with E-state index in [0.717, 1.165) is 121 Å². The molecule has 0 aliphatic rings. The third-order valence-corrected chi connectivity index (χ3v) is 17.6. The summed E-state index contributed by atoms with van der Waals surface area (Å²) in [5.41, 5.74) is 0. The molecule has 17 nitrogen and oxygen atoms in total. The summed E-state index contributed by atoms with van der Waals surface area (Å²) in [7, 11) is -9.91. The van der Waals surface area contributed by atoms with Crippen molar-refractivity contribution < 1.29 is 80.2 Å². The summed E-state index contributed by atoms with van der Waals surface area (Å²) in [5.74, 6) is -1.42. The van der Waals surface area contributed by atoms with Crippen molar-refractivity contribution in [3.8, 4) is 0 Å². The molecule has 0 aromatic carbocycles. The van der Waals surface area contributed by atoms with E-state index >= 15 is 0 Å². The Hall–Kier alpha value is -2.46. The monoisotopic (exact) mass is 1310 g/mol. The second-order valence-electron chi connectivity index (χ2n) is 25.1. The number of ether oxygens (including phenoxy) is 4. The van der Waals surface area contributed by atoms with E-state index < -0.39 is 97.5 Å². The van der Waals surface area contributed by atoms with Crippen LogP contribution in [-0.2, 0) is 65.4 Å². The molecule has 0 aliphatic heterocycles. The van der Waals surface area contributed by atoms with Gasteiger partial charge in [0, 0.05) is 25.7 Å². The Morgan fingerprint density at radius 2 is 0.607 bits per heavy atom. The second-order valence-corrected chi connectivity index (χ2v) is 28.0. The van der Waals surface area contributed by atoms with Crippen LogP contribution in [0.4, 0.5) is 0 Å². The zero-order chi connectivity index (χ0) is 65.6. The Balaban J connectivity index is 5.25. The zero-order valence-corrected chi connectivity index (χ0v) is 58.8. The Morgan fingerprint density at radius 1 is 0.348 bits per heavy atom. The number of unbranched alkanes of at least 4 members (excludes halogenated alkanes) is 37. The van der Waals surface area contributed by atoms with Crippen LogP contribution < -0.4 is 0 Å². The van der Waals surface area contributed by atoms with Crippen molar-refractivity contribution in [1.82, 2.24) is 0 Å². The number of allylic oxidation sites excluding steroid dienone is 4. The molecule has 0 saturated heterocycles. The summed E-state index contributed by atoms with van der Waals surface area (Å²) in [6, 6.07) is 0. The lowest BCUT2D eigenvalue weighted by molar-refractivity contribution is -0.161. The minimum atomic E-state index is -4.96. The molecule has 0 amide bonds. The predicted octanol–water partition coefficient (Wildman–Crippen LogP) is 19.7. The van der Waals surface area contributed by atoms with Gasteiger partial charge >= 0.3 is 39.5 Å². The lowest BCUT2D eigenvalue weighted by Crippen LogP contribution is -2.30. The zero-order valence-electron chi connectivity index (χ0n) is 57.0. The molecule has 0 radical (unpaired) electrons. The molecule has 0 saturated carbocycles. The van der Waals surface area contributed by atoms with Gasteiger partial charge in [-0.05, 0) is 57.3 Å². The summed E-state index contributed by atoms with van der Waals surface area (Å²) < 4.78 is 68.1. The number of hydrogen-bond acceptors (Lipinski definition) is 15. The second kappa shape index (κ2) is 63.0. The van der Waals surface area contributed by atoms with Crippen molar-refractivity contribution >= 4 is 39.5 Å². The van der Waals surface area contributed by atoms with Gasteiger partial charge in [-0.1, -0.05) is 284 Å². The molecule has 0 rings (SSSR count). The number of phosphoric acid groups is 2. The van der Waals surface area contributed by atoms with Crippen molar-refractivity contribution in [1.29, 1.82) is 0 Å². The smallest absolute Gasteiger partial charge is 0.462 e. The summed E-state index contributed by atoms with van der Waals surface area (Å²) >= 11 is 0. The summed E-state index contributed by atoms with van der Waals surface area (Å²) in [6.45, 7) is 7.11. The molecule has 19 heteroatoms. The van der Waals surface area contributed by atoms with Gasteiger partial charge in [0.25, 0.3) is 0 Å². The van der Waals surface area contributed by atoms with E-state index in [-0.39, 0.29) is 25.7 Å². The average Bonchev–Trinajstić information content (AvgIpc) is 3.65. The molecule has 89 heavy (non-hydrogen) atoms. The average molecular weight is 1310 g/mol. The highest BCUT2D eigenvalue weighted by Gasteiger charge is 2.30. The number of aliphatic hydroxyl groups excluding tert-OH is 1. The van der Waals surface area contributed by atoms with Crippen molar-refractivity contribution in [2.45, 2.75) is 355 Å². The van der Waals surface area contributed by atoms with E-state index in [1.165, 1.54) is 135 Å². The van der Waals surface area contributed by atoms with Crippen LogP contribution in [0.15, 0.2) is 24.3 Å². The van der Waals surface area contributed by atoms with Crippen LogP contribution in [0, 0.1) is 5.92 Å². The fraction of sp³-hybridized carbons (Fsp3) is 0.886. The van der Waals surface area contributed by atoms with Crippen LogP contribution in [0.5, 0.6) is 0 Å². The molecule has 3 N–H and O–H groups in total. The van der Waals surface area contributed by atoms with Crippen molar-refractivity contribution in [3.63, 3.8) is 0 Å². The maximum absolute atomic E-state index is 13.0. The first kappa shape index (κ1) is 86.5. The summed E-state index contributed by atoms with van der Waals surface area (Å²) in [4.78, 5) is 72.4. The highest BCUT2D eigenvalue weighted by molar-refractivity contribution is 7.47. The number of hydrogen-bond donors (Lipinski definition) is 3. The van der Waals surface area contributed by atoms with Gasteiger partial charge in [0.1, 0.15) is 19.3 Å². The van der Waals surface area contributed by atoms with Crippen LogP contribution in [0.1, 0.15) is 336 Å². The molecule has 2 unspecified atom stereocenters. The van der Waals surface area contributed by atoms with E-state index in [1.807, 2.05) is 0 Å². The van der Waals surface area contributed by atoms with E-state index in [9.17, 15) is 43.2 Å². The van der Waals surface area contributed by atoms with Gasteiger partial charge in [-0.3, -0.25) is 37.3 Å². The third kappa shape index (κ3) is 64.1. The Labute approximate surface area is 542 Å². The Morgan fingerprint density at radius 3 is 0.921 bits per heavy atom. The van der Waals surface area contributed by atoms with Crippen LogP contribution in [-0.4, -0.2) is 96.7 Å². The minimum Gasteiger partial charge on any atom is -0.462 e. The molecular weight excluding hydrogens is 1170 g/mol. The minimum absolute atomic E-state index is 0.0855. The lowest BCUT2D eigenvalue weighted by atomic mass is 10.0. The van der Waals surface area contributed by atoms with E-state index in [4.69, 9.17) is 37.0 Å². The fourth-order valence-corrected chi connectivity index (χ4v) is 11.7. The first-order chi connectivity index (χ1) is 43.0. The van der Waals surface area contributed by atoms with E-state index in [1.54, 1.807) is 0 Å². The van der Waals surface area contributed by atoms with Gasteiger partial charge in [0.05, 0.1) is 26.4 Å². The van der Waals surface area contributed by atoms with Gasteiger partial charge in [-0.25, -0.2) is 9.13 Å². The Kier molecular flexibility index (Phi) is 61.2. The number of carbonyl (C=O) groups is 4. The van der Waals surface area contributed by atoms with Gasteiger partial charge in [-0.2, -0.15) is 0 Å². The van der Waals surface area contributed by atoms with Crippen LogP contribution in [0.2, 0.25) is 0 Å². The number of aliphatic hydroxyl groups is 1. The van der Waals surface area contributed by atoms with Crippen molar-refractivity contribution in [3.05, 3.63) is 24.3 Å². The number of rotatable bonds is 68. The number of esters is 4. The fourth-order valence-electron chi connectivity index (χ4n) is 10.1. The largest absolute Gasteiger partial charge is 0.472 e. The maximum atomic E-state index is 13.0. The van der Waals surface area contributed by atoms with E-state index in [2.05, 4.69) is 58.9 Å². The van der Waals surface area contributed by atoms with Crippen LogP contribution >= 0.6 is 15.6 Å². The predicted molar refractivity (Wildman–Crippen MR) is 358 cm³/mol. The van der Waals surface area contributed by atoms with Crippen molar-refractivity contribution in [2.24, 2.45) is 5.92 Å². The quantitative estimate of drug-likeness (QED) is 0.0169. The molecule has 0 aromatic heterocycles. The first-order valence-corrected chi connectivity index (χ1v) is 38.9. The molecule has 0 aliphatic carbocycles.